The van der Waals surface area contributed by atoms with Gasteiger partial charge in [0.25, 0.3) is 0 Å². The Morgan fingerprint density at radius 1 is 1.33 bits per heavy atom. The van der Waals surface area contributed by atoms with Crippen molar-refractivity contribution in [1.82, 2.24) is 15.1 Å². The molecule has 24 heavy (non-hydrogen) atoms. The summed E-state index contributed by atoms with van der Waals surface area (Å²) < 4.78 is 11.8. The van der Waals surface area contributed by atoms with Gasteiger partial charge in [-0.25, -0.2) is 0 Å². The van der Waals surface area contributed by atoms with Gasteiger partial charge >= 0.3 is 0 Å². The number of hydrogen-bond acceptors (Lipinski definition) is 5. The Kier molecular flexibility index (Phi) is 5.43. The van der Waals surface area contributed by atoms with Crippen molar-refractivity contribution in [3.05, 3.63) is 30.0 Å². The summed E-state index contributed by atoms with van der Waals surface area (Å²) in [6, 6.07) is 8.87. The zero-order chi connectivity index (χ0) is 17.1. The highest BCUT2D eigenvalue weighted by atomic mass is 16.5. The molecule has 0 radical (unpaired) electrons. The molecule has 1 aromatic heterocycles. The largest absolute Gasteiger partial charge is 0.490 e. The first-order valence-corrected chi connectivity index (χ1v) is 8.86. The summed E-state index contributed by atoms with van der Waals surface area (Å²) in [7, 11) is 4.40. The Labute approximate surface area is 144 Å². The van der Waals surface area contributed by atoms with Gasteiger partial charge in [0.05, 0.1) is 12.6 Å². The van der Waals surface area contributed by atoms with E-state index in [1.165, 1.54) is 0 Å². The predicted molar refractivity (Wildman–Crippen MR) is 97.7 cm³/mol. The molecule has 2 atom stereocenters. The second-order valence-corrected chi connectivity index (χ2v) is 6.78. The Morgan fingerprint density at radius 3 is 2.96 bits per heavy atom. The van der Waals surface area contributed by atoms with Crippen LogP contribution in [0.3, 0.4) is 0 Å². The number of benzene rings is 1. The number of para-hydroxylation sites is 1. The molecule has 2 heterocycles. The van der Waals surface area contributed by atoms with Gasteiger partial charge in [0.2, 0.25) is 0 Å². The molecule has 1 saturated heterocycles. The lowest BCUT2D eigenvalue weighted by Crippen LogP contribution is -2.53. The topological polar surface area (TPSA) is 40.9 Å². The Bertz CT molecular complexity index is 670. The molecule has 5 heteroatoms. The van der Waals surface area contributed by atoms with Crippen molar-refractivity contribution in [3.63, 3.8) is 0 Å². The van der Waals surface area contributed by atoms with Crippen LogP contribution < -0.4 is 10.1 Å². The van der Waals surface area contributed by atoms with Crippen molar-refractivity contribution in [1.29, 1.82) is 0 Å². The lowest BCUT2D eigenvalue weighted by Gasteiger charge is -2.38. The third-order valence-corrected chi connectivity index (χ3v) is 4.89. The second-order valence-electron chi connectivity index (χ2n) is 6.78. The molecule has 1 aliphatic heterocycles. The van der Waals surface area contributed by atoms with E-state index in [0.29, 0.717) is 12.6 Å². The molecule has 2 aromatic rings. The van der Waals surface area contributed by atoms with Crippen LogP contribution in [0.4, 0.5) is 0 Å². The van der Waals surface area contributed by atoms with Gasteiger partial charge in [-0.15, -0.1) is 0 Å². The smallest absolute Gasteiger partial charge is 0.176 e. The van der Waals surface area contributed by atoms with Gasteiger partial charge in [0.15, 0.2) is 11.3 Å². The Balaban J connectivity index is 1.67. The van der Waals surface area contributed by atoms with E-state index in [2.05, 4.69) is 48.3 Å². The van der Waals surface area contributed by atoms with Crippen LogP contribution in [0, 0.1) is 0 Å². The summed E-state index contributed by atoms with van der Waals surface area (Å²) in [5, 5.41) is 4.73. The van der Waals surface area contributed by atoms with Crippen LogP contribution in [0.25, 0.3) is 11.0 Å². The lowest BCUT2D eigenvalue weighted by molar-refractivity contribution is 0.111. The zero-order valence-corrected chi connectivity index (χ0v) is 15.2. The standard InChI is InChI=1S/C19H29N3O2/c1-5-23-17-8-6-7-15-11-18(24-19(15)17)14(2)20-12-16-13-21(3)9-10-22(16)4/h6-8,11,14,16,20H,5,9-10,12-13H2,1-4H3/t14-,16+/m0/s1. The maximum atomic E-state index is 6.09. The third kappa shape index (κ3) is 3.74. The van der Waals surface area contributed by atoms with E-state index in [9.17, 15) is 0 Å². The molecule has 5 nitrogen and oxygen atoms in total. The fourth-order valence-corrected chi connectivity index (χ4v) is 3.27. The fraction of sp³-hybridized carbons (Fsp3) is 0.579. The minimum atomic E-state index is 0.174. The molecule has 1 aromatic carbocycles. The van der Waals surface area contributed by atoms with Crippen molar-refractivity contribution in [3.8, 4) is 5.75 Å². The number of rotatable bonds is 6. The van der Waals surface area contributed by atoms with Gasteiger partial charge in [-0.05, 0) is 40.1 Å². The van der Waals surface area contributed by atoms with Crippen LogP contribution in [-0.2, 0) is 0 Å². The average Bonchev–Trinajstić information content (AvgIpc) is 3.01. The van der Waals surface area contributed by atoms with Crippen LogP contribution in [-0.4, -0.2) is 62.7 Å². The van der Waals surface area contributed by atoms with Crippen LogP contribution >= 0.6 is 0 Å². The van der Waals surface area contributed by atoms with E-state index in [1.54, 1.807) is 0 Å². The third-order valence-electron chi connectivity index (χ3n) is 4.89. The Morgan fingerprint density at radius 2 is 2.17 bits per heavy atom. The molecule has 0 bridgehead atoms. The minimum Gasteiger partial charge on any atom is -0.490 e. The first kappa shape index (κ1) is 17.3. The zero-order valence-electron chi connectivity index (χ0n) is 15.2. The van der Waals surface area contributed by atoms with E-state index in [-0.39, 0.29) is 6.04 Å². The molecule has 0 spiro atoms. The van der Waals surface area contributed by atoms with Crippen LogP contribution in [0.1, 0.15) is 25.6 Å². The number of hydrogen-bond donors (Lipinski definition) is 1. The summed E-state index contributed by atoms with van der Waals surface area (Å²) >= 11 is 0. The summed E-state index contributed by atoms with van der Waals surface area (Å²) in [5.74, 6) is 1.78. The van der Waals surface area contributed by atoms with Gasteiger partial charge in [-0.1, -0.05) is 12.1 Å². The molecule has 1 N–H and O–H groups in total. The molecule has 132 valence electrons. The summed E-state index contributed by atoms with van der Waals surface area (Å²) in [6.07, 6.45) is 0. The van der Waals surface area contributed by atoms with Gasteiger partial charge in [-0.2, -0.15) is 0 Å². The highest BCUT2D eigenvalue weighted by Gasteiger charge is 2.23. The van der Waals surface area contributed by atoms with E-state index in [0.717, 1.165) is 48.7 Å². The number of fused-ring (bicyclic) bond motifs is 1. The average molecular weight is 331 g/mol. The monoisotopic (exact) mass is 331 g/mol. The second kappa shape index (κ2) is 7.55. The van der Waals surface area contributed by atoms with Crippen molar-refractivity contribution in [2.24, 2.45) is 0 Å². The molecule has 0 saturated carbocycles. The molecule has 0 unspecified atom stereocenters. The van der Waals surface area contributed by atoms with Crippen molar-refractivity contribution in [2.45, 2.75) is 25.9 Å². The summed E-state index contributed by atoms with van der Waals surface area (Å²) in [4.78, 5) is 4.83. The molecule has 3 rings (SSSR count). The van der Waals surface area contributed by atoms with E-state index in [4.69, 9.17) is 9.15 Å². The normalized spacial score (nSPS) is 21.2. The molecular formula is C19H29N3O2. The predicted octanol–water partition coefficient (Wildman–Crippen LogP) is 2.73. The summed E-state index contributed by atoms with van der Waals surface area (Å²) in [6.45, 7) is 9.12. The first-order chi connectivity index (χ1) is 11.6. The highest BCUT2D eigenvalue weighted by molar-refractivity contribution is 5.83. The number of nitrogens with zero attached hydrogens (tertiary/aromatic N) is 2. The number of piperazine rings is 1. The maximum absolute atomic E-state index is 6.09. The fourth-order valence-electron chi connectivity index (χ4n) is 3.27. The van der Waals surface area contributed by atoms with Crippen molar-refractivity contribution in [2.75, 3.05) is 46.9 Å². The quantitative estimate of drug-likeness (QED) is 0.881. The highest BCUT2D eigenvalue weighted by Crippen LogP contribution is 2.31. The molecular weight excluding hydrogens is 302 g/mol. The van der Waals surface area contributed by atoms with Crippen molar-refractivity contribution < 1.29 is 9.15 Å². The van der Waals surface area contributed by atoms with Gasteiger partial charge in [0, 0.05) is 37.6 Å². The first-order valence-electron chi connectivity index (χ1n) is 8.86. The molecule has 0 aliphatic carbocycles. The van der Waals surface area contributed by atoms with E-state index in [1.807, 2.05) is 19.1 Å². The SMILES string of the molecule is CCOc1cccc2cc([C@H](C)NC[C@@H]3CN(C)CCN3C)oc12. The van der Waals surface area contributed by atoms with Crippen LogP contribution in [0.15, 0.2) is 28.7 Å². The van der Waals surface area contributed by atoms with Crippen LogP contribution in [0.2, 0.25) is 0 Å². The summed E-state index contributed by atoms with van der Waals surface area (Å²) in [5.41, 5.74) is 0.845. The van der Waals surface area contributed by atoms with E-state index >= 15 is 0 Å². The lowest BCUT2D eigenvalue weighted by atomic mass is 10.1. The number of likely N-dealkylation sites (N-methyl/N-ethyl adjacent to an activating group) is 2. The molecule has 1 aliphatic rings. The van der Waals surface area contributed by atoms with Gasteiger partial charge in [-0.3, -0.25) is 4.90 Å². The Hall–Kier alpha value is -1.56. The molecule has 1 fully saturated rings. The van der Waals surface area contributed by atoms with Crippen molar-refractivity contribution >= 4 is 11.0 Å². The van der Waals surface area contributed by atoms with Gasteiger partial charge < -0.3 is 19.4 Å². The number of ether oxygens (including phenoxy) is 1. The van der Waals surface area contributed by atoms with Gasteiger partial charge in [0.1, 0.15) is 5.76 Å². The van der Waals surface area contributed by atoms with E-state index < -0.39 is 0 Å². The van der Waals surface area contributed by atoms with Crippen LogP contribution in [0.5, 0.6) is 5.75 Å². The number of furan rings is 1. The molecule has 0 amide bonds. The minimum absolute atomic E-state index is 0.174. The maximum Gasteiger partial charge on any atom is 0.176 e. The number of nitrogens with one attached hydrogen (secondary N) is 1.